The highest BCUT2D eigenvalue weighted by Gasteiger charge is 2.14. The zero-order valence-corrected chi connectivity index (χ0v) is 12.3. The average Bonchev–Trinajstić information content (AvgIpc) is 2.96. The zero-order valence-electron chi connectivity index (χ0n) is 12.3. The lowest BCUT2D eigenvalue weighted by atomic mass is 10.2. The van der Waals surface area contributed by atoms with Crippen molar-refractivity contribution in [3.63, 3.8) is 0 Å². The normalized spacial score (nSPS) is 11.0. The molecule has 0 N–H and O–H groups in total. The van der Waals surface area contributed by atoms with Crippen LogP contribution < -0.4 is 0 Å². The minimum Gasteiger partial charge on any atom is -0.291 e. The van der Waals surface area contributed by atoms with E-state index in [2.05, 4.69) is 33.8 Å². The first-order valence-corrected chi connectivity index (χ1v) is 7.29. The van der Waals surface area contributed by atoms with Gasteiger partial charge in [0.2, 0.25) is 0 Å². The van der Waals surface area contributed by atoms with Crippen LogP contribution in [0.3, 0.4) is 0 Å². The number of pyridine rings is 1. The Morgan fingerprint density at radius 2 is 1.59 bits per heavy atom. The van der Waals surface area contributed by atoms with Gasteiger partial charge in [-0.15, -0.1) is 0 Å². The first kappa shape index (κ1) is 12.8. The van der Waals surface area contributed by atoms with Crippen LogP contribution in [0.1, 0.15) is 5.56 Å². The van der Waals surface area contributed by atoms with E-state index in [0.717, 1.165) is 33.8 Å². The first-order valence-electron chi connectivity index (χ1n) is 7.29. The molecule has 4 rings (SSSR count). The van der Waals surface area contributed by atoms with Crippen LogP contribution in [0.2, 0.25) is 0 Å². The monoisotopic (exact) mass is 285 g/mol. The summed E-state index contributed by atoms with van der Waals surface area (Å²) < 4.78 is 2.16. The summed E-state index contributed by atoms with van der Waals surface area (Å²) in [5.74, 6) is 0.868. The first-order chi connectivity index (χ1) is 10.8. The van der Waals surface area contributed by atoms with Gasteiger partial charge in [0.25, 0.3) is 0 Å². The summed E-state index contributed by atoms with van der Waals surface area (Å²) in [6.45, 7) is 2.04. The molecule has 22 heavy (non-hydrogen) atoms. The summed E-state index contributed by atoms with van der Waals surface area (Å²) in [7, 11) is 0. The van der Waals surface area contributed by atoms with Gasteiger partial charge in [0, 0.05) is 11.9 Å². The molecule has 3 nitrogen and oxygen atoms in total. The van der Waals surface area contributed by atoms with Crippen molar-refractivity contribution in [2.45, 2.75) is 6.92 Å². The fraction of sp³-hybridized carbons (Fsp3) is 0.0526. The molecule has 0 bridgehead atoms. The van der Waals surface area contributed by atoms with E-state index >= 15 is 0 Å². The van der Waals surface area contributed by atoms with Crippen LogP contribution in [0, 0.1) is 6.92 Å². The predicted octanol–water partition coefficient (Wildman–Crippen LogP) is 4.40. The van der Waals surface area contributed by atoms with Crippen molar-refractivity contribution in [3.05, 3.63) is 78.5 Å². The minimum absolute atomic E-state index is 0.868. The maximum Gasteiger partial charge on any atom is 0.164 e. The number of imidazole rings is 1. The molecule has 2 heterocycles. The molecule has 0 fully saturated rings. The van der Waals surface area contributed by atoms with Gasteiger partial charge in [0.1, 0.15) is 5.69 Å². The highest BCUT2D eigenvalue weighted by atomic mass is 15.1. The van der Waals surface area contributed by atoms with Crippen molar-refractivity contribution in [2.75, 3.05) is 0 Å². The number of hydrogen-bond acceptors (Lipinski definition) is 2. The fourth-order valence-corrected chi connectivity index (χ4v) is 2.64. The Balaban J connectivity index is 2.04. The molecule has 3 heteroatoms. The Hall–Kier alpha value is -2.94. The lowest BCUT2D eigenvalue weighted by molar-refractivity contribution is 1.08. The lowest BCUT2D eigenvalue weighted by Crippen LogP contribution is -1.98. The maximum atomic E-state index is 4.79. The molecular weight excluding hydrogens is 270 g/mol. The number of fused-ring (bicyclic) bond motifs is 1. The van der Waals surface area contributed by atoms with Gasteiger partial charge in [-0.25, -0.2) is 4.98 Å². The van der Waals surface area contributed by atoms with Crippen molar-refractivity contribution >= 4 is 11.0 Å². The molecule has 0 saturated heterocycles. The SMILES string of the molecule is Cc1ccc(-c2nc3ccccc3n2-c2ccccc2)nc1. The highest BCUT2D eigenvalue weighted by molar-refractivity contribution is 5.82. The molecule has 0 radical (unpaired) electrons. The third-order valence-corrected chi connectivity index (χ3v) is 3.72. The van der Waals surface area contributed by atoms with Gasteiger partial charge in [0.15, 0.2) is 5.82 Å². The molecule has 106 valence electrons. The molecule has 2 aromatic heterocycles. The molecule has 0 aliphatic carbocycles. The Bertz CT molecular complexity index is 922. The molecule has 0 unspecified atom stereocenters. The summed E-state index contributed by atoms with van der Waals surface area (Å²) in [6.07, 6.45) is 1.88. The quantitative estimate of drug-likeness (QED) is 0.546. The van der Waals surface area contributed by atoms with Gasteiger partial charge in [-0.1, -0.05) is 36.4 Å². The second kappa shape index (κ2) is 5.11. The third kappa shape index (κ3) is 2.07. The molecule has 0 aliphatic heterocycles. The van der Waals surface area contributed by atoms with Crippen molar-refractivity contribution in [1.82, 2.24) is 14.5 Å². The summed E-state index contributed by atoms with van der Waals surface area (Å²) in [5, 5.41) is 0. The van der Waals surface area contributed by atoms with E-state index in [0.29, 0.717) is 0 Å². The summed E-state index contributed by atoms with van der Waals surface area (Å²) >= 11 is 0. The molecule has 2 aromatic carbocycles. The summed E-state index contributed by atoms with van der Waals surface area (Å²) in [5.41, 5.74) is 5.18. The Kier molecular flexibility index (Phi) is 2.97. The van der Waals surface area contributed by atoms with Crippen molar-refractivity contribution in [1.29, 1.82) is 0 Å². The molecule has 0 atom stereocenters. The largest absolute Gasteiger partial charge is 0.291 e. The topological polar surface area (TPSA) is 30.7 Å². The average molecular weight is 285 g/mol. The predicted molar refractivity (Wildman–Crippen MR) is 89.0 cm³/mol. The van der Waals surface area contributed by atoms with E-state index in [1.165, 1.54) is 0 Å². The molecule has 0 saturated carbocycles. The standard InChI is InChI=1S/C19H15N3/c1-14-11-12-17(20-13-14)19-21-16-9-5-6-10-18(16)22(19)15-7-3-2-4-8-15/h2-13H,1H3. The summed E-state index contributed by atoms with van der Waals surface area (Å²) in [4.78, 5) is 9.34. The van der Waals surface area contributed by atoms with Crippen LogP contribution >= 0.6 is 0 Å². The minimum atomic E-state index is 0.868. The van der Waals surface area contributed by atoms with E-state index in [-0.39, 0.29) is 0 Å². The number of para-hydroxylation sites is 3. The summed E-state index contributed by atoms with van der Waals surface area (Å²) in [6, 6.07) is 22.5. The van der Waals surface area contributed by atoms with Gasteiger partial charge in [-0.05, 0) is 42.8 Å². The van der Waals surface area contributed by atoms with E-state index in [1.54, 1.807) is 0 Å². The van der Waals surface area contributed by atoms with Crippen molar-refractivity contribution in [2.24, 2.45) is 0 Å². The fourth-order valence-electron chi connectivity index (χ4n) is 2.64. The molecule has 0 spiro atoms. The second-order valence-corrected chi connectivity index (χ2v) is 5.32. The Morgan fingerprint density at radius 3 is 2.36 bits per heavy atom. The number of aryl methyl sites for hydroxylation is 1. The van der Waals surface area contributed by atoms with Gasteiger partial charge < -0.3 is 0 Å². The smallest absolute Gasteiger partial charge is 0.164 e. The Morgan fingerprint density at radius 1 is 0.818 bits per heavy atom. The van der Waals surface area contributed by atoms with E-state index in [1.807, 2.05) is 55.6 Å². The third-order valence-electron chi connectivity index (χ3n) is 3.72. The van der Waals surface area contributed by atoms with Crippen molar-refractivity contribution in [3.8, 4) is 17.2 Å². The van der Waals surface area contributed by atoms with Crippen LogP contribution in [0.15, 0.2) is 72.9 Å². The number of nitrogens with zero attached hydrogens (tertiary/aromatic N) is 3. The molecule has 4 aromatic rings. The maximum absolute atomic E-state index is 4.79. The molecular formula is C19H15N3. The number of rotatable bonds is 2. The van der Waals surface area contributed by atoms with E-state index in [9.17, 15) is 0 Å². The second-order valence-electron chi connectivity index (χ2n) is 5.32. The van der Waals surface area contributed by atoms with Crippen LogP contribution in [0.5, 0.6) is 0 Å². The lowest BCUT2D eigenvalue weighted by Gasteiger charge is -2.09. The molecule has 0 aliphatic rings. The van der Waals surface area contributed by atoms with Crippen LogP contribution in [-0.2, 0) is 0 Å². The molecule has 0 amide bonds. The van der Waals surface area contributed by atoms with Gasteiger partial charge in [0.05, 0.1) is 11.0 Å². The Labute approximate surface area is 128 Å². The number of benzene rings is 2. The highest BCUT2D eigenvalue weighted by Crippen LogP contribution is 2.27. The van der Waals surface area contributed by atoms with Crippen molar-refractivity contribution < 1.29 is 0 Å². The van der Waals surface area contributed by atoms with Crippen LogP contribution in [0.25, 0.3) is 28.2 Å². The van der Waals surface area contributed by atoms with E-state index < -0.39 is 0 Å². The van der Waals surface area contributed by atoms with Gasteiger partial charge in [-0.2, -0.15) is 0 Å². The van der Waals surface area contributed by atoms with Crippen LogP contribution in [-0.4, -0.2) is 14.5 Å². The zero-order chi connectivity index (χ0) is 14.9. The van der Waals surface area contributed by atoms with E-state index in [4.69, 9.17) is 4.98 Å². The van der Waals surface area contributed by atoms with Crippen LogP contribution in [0.4, 0.5) is 0 Å². The van der Waals surface area contributed by atoms with Gasteiger partial charge in [-0.3, -0.25) is 9.55 Å². The number of aromatic nitrogens is 3. The number of hydrogen-bond donors (Lipinski definition) is 0. The van der Waals surface area contributed by atoms with Gasteiger partial charge >= 0.3 is 0 Å².